The maximum Gasteiger partial charge on any atom is 0.233 e. The lowest BCUT2D eigenvalue weighted by atomic mass is 10.1. The zero-order valence-electron chi connectivity index (χ0n) is 18.4. The predicted molar refractivity (Wildman–Crippen MR) is 125 cm³/mol. The Morgan fingerprint density at radius 1 is 1.24 bits per heavy atom. The smallest absolute Gasteiger partial charge is 0.233 e. The number of tetrazole rings is 1. The van der Waals surface area contributed by atoms with Crippen LogP contribution in [0.15, 0.2) is 53.7 Å². The average Bonchev–Trinajstić information content (AvgIpc) is 3.42. The van der Waals surface area contributed by atoms with Crippen LogP contribution in [-0.2, 0) is 21.2 Å². The molecule has 1 aromatic heterocycles. The second-order valence-corrected chi connectivity index (χ2v) is 11.1. The van der Waals surface area contributed by atoms with Crippen molar-refractivity contribution in [2.45, 2.75) is 31.1 Å². The van der Waals surface area contributed by atoms with Crippen LogP contribution in [0.3, 0.4) is 0 Å². The molecule has 4 rings (SSSR count). The van der Waals surface area contributed by atoms with Crippen molar-refractivity contribution in [1.82, 2.24) is 25.1 Å². The minimum absolute atomic E-state index is 0.00549. The minimum atomic E-state index is -3.13. The Bertz CT molecular complexity index is 1230. The Labute approximate surface area is 197 Å². The van der Waals surface area contributed by atoms with Gasteiger partial charge in [-0.2, -0.15) is 4.68 Å². The Balaban J connectivity index is 1.53. The van der Waals surface area contributed by atoms with E-state index in [2.05, 4.69) is 15.5 Å². The fourth-order valence-corrected chi connectivity index (χ4v) is 6.32. The van der Waals surface area contributed by atoms with Gasteiger partial charge in [0.15, 0.2) is 9.84 Å². The zero-order chi connectivity index (χ0) is 23.4. The number of methoxy groups -OCH3 is 1. The molecule has 33 heavy (non-hydrogen) atoms. The molecule has 174 valence electrons. The molecule has 1 aliphatic rings. The fraction of sp³-hybridized carbons (Fsp3) is 0.364. The van der Waals surface area contributed by atoms with Crippen LogP contribution in [0.4, 0.5) is 0 Å². The number of rotatable bonds is 8. The standard InChI is InChI=1S/C22H25N5O4S2/c1-16-8-9-20(31-2)19(12-16)27-22(23-24-25-27)32-14-21(28)26(13-17-6-4-3-5-7-17)18-10-11-33(29,30)15-18/h3-9,12,18H,10-11,13-15H2,1-2H3. The summed E-state index contributed by atoms with van der Waals surface area (Å²) >= 11 is 1.21. The van der Waals surface area contributed by atoms with Gasteiger partial charge in [0.2, 0.25) is 11.1 Å². The summed E-state index contributed by atoms with van der Waals surface area (Å²) in [6.07, 6.45) is 0.448. The quantitative estimate of drug-likeness (QED) is 0.446. The van der Waals surface area contributed by atoms with Crippen LogP contribution >= 0.6 is 11.8 Å². The van der Waals surface area contributed by atoms with E-state index in [1.165, 1.54) is 11.8 Å². The summed E-state index contributed by atoms with van der Waals surface area (Å²) in [6, 6.07) is 14.9. The van der Waals surface area contributed by atoms with Crippen LogP contribution in [0, 0.1) is 6.92 Å². The highest BCUT2D eigenvalue weighted by molar-refractivity contribution is 7.99. The van der Waals surface area contributed by atoms with Crippen molar-refractivity contribution in [2.75, 3.05) is 24.4 Å². The molecule has 0 saturated carbocycles. The van der Waals surface area contributed by atoms with Crippen molar-refractivity contribution in [2.24, 2.45) is 0 Å². The molecule has 0 radical (unpaired) electrons. The molecule has 1 fully saturated rings. The summed E-state index contributed by atoms with van der Waals surface area (Å²) in [5.74, 6) is 0.640. The van der Waals surface area contributed by atoms with Gasteiger partial charge in [-0.15, -0.1) is 5.10 Å². The van der Waals surface area contributed by atoms with Crippen molar-refractivity contribution in [3.8, 4) is 11.4 Å². The van der Waals surface area contributed by atoms with Crippen molar-refractivity contribution in [1.29, 1.82) is 0 Å². The number of amides is 1. The number of hydrogen-bond donors (Lipinski definition) is 0. The van der Waals surface area contributed by atoms with E-state index < -0.39 is 9.84 Å². The van der Waals surface area contributed by atoms with Gasteiger partial charge in [0, 0.05) is 12.6 Å². The van der Waals surface area contributed by atoms with Gasteiger partial charge in [0.05, 0.1) is 24.4 Å². The Morgan fingerprint density at radius 2 is 2.03 bits per heavy atom. The highest BCUT2D eigenvalue weighted by Crippen LogP contribution is 2.28. The fourth-order valence-electron chi connectivity index (χ4n) is 3.82. The summed E-state index contributed by atoms with van der Waals surface area (Å²) in [6.45, 7) is 2.32. The third kappa shape index (κ3) is 5.53. The third-order valence-corrected chi connectivity index (χ3v) is 8.15. The molecule has 0 N–H and O–H groups in total. The van der Waals surface area contributed by atoms with Crippen LogP contribution in [0.2, 0.25) is 0 Å². The molecule has 2 aromatic carbocycles. The van der Waals surface area contributed by atoms with Crippen LogP contribution in [-0.4, -0.2) is 69.8 Å². The van der Waals surface area contributed by atoms with E-state index >= 15 is 0 Å². The number of thioether (sulfide) groups is 1. The first-order valence-electron chi connectivity index (χ1n) is 10.5. The Morgan fingerprint density at radius 3 is 2.73 bits per heavy atom. The van der Waals surface area contributed by atoms with Crippen molar-refractivity contribution in [3.63, 3.8) is 0 Å². The normalized spacial score (nSPS) is 17.1. The maximum absolute atomic E-state index is 13.3. The van der Waals surface area contributed by atoms with Crippen LogP contribution < -0.4 is 4.74 Å². The van der Waals surface area contributed by atoms with Gasteiger partial charge in [-0.3, -0.25) is 4.79 Å². The molecule has 11 heteroatoms. The van der Waals surface area contributed by atoms with E-state index in [1.807, 2.05) is 55.5 Å². The SMILES string of the molecule is COc1ccc(C)cc1-n1nnnc1SCC(=O)N(Cc1ccccc1)C1CCS(=O)(=O)C1. The molecule has 0 aliphatic carbocycles. The summed E-state index contributed by atoms with van der Waals surface area (Å²) < 4.78 is 31.1. The molecule has 1 unspecified atom stereocenters. The molecule has 3 aromatic rings. The summed E-state index contributed by atoms with van der Waals surface area (Å²) in [5.41, 5.74) is 2.65. The average molecular weight is 488 g/mol. The number of hydrogen-bond acceptors (Lipinski definition) is 8. The number of nitrogens with zero attached hydrogens (tertiary/aromatic N) is 5. The molecule has 1 amide bonds. The molecule has 1 aliphatic heterocycles. The lowest BCUT2D eigenvalue weighted by molar-refractivity contribution is -0.130. The van der Waals surface area contributed by atoms with Gasteiger partial charge in [0.1, 0.15) is 11.4 Å². The van der Waals surface area contributed by atoms with Gasteiger partial charge in [-0.1, -0.05) is 48.2 Å². The van der Waals surface area contributed by atoms with Crippen molar-refractivity contribution in [3.05, 3.63) is 59.7 Å². The van der Waals surface area contributed by atoms with E-state index in [0.29, 0.717) is 29.6 Å². The summed E-state index contributed by atoms with van der Waals surface area (Å²) in [5, 5.41) is 12.4. The number of sulfone groups is 1. The highest BCUT2D eigenvalue weighted by Gasteiger charge is 2.34. The van der Waals surface area contributed by atoms with Crippen LogP contribution in [0.25, 0.3) is 5.69 Å². The van der Waals surface area contributed by atoms with Gasteiger partial charge in [-0.05, 0) is 47.0 Å². The first-order valence-corrected chi connectivity index (χ1v) is 13.3. The van der Waals surface area contributed by atoms with Gasteiger partial charge < -0.3 is 9.64 Å². The predicted octanol–water partition coefficient (Wildman–Crippen LogP) is 2.29. The van der Waals surface area contributed by atoms with Crippen LogP contribution in [0.1, 0.15) is 17.5 Å². The second-order valence-electron chi connectivity index (χ2n) is 7.90. The number of aryl methyl sites for hydroxylation is 1. The first-order chi connectivity index (χ1) is 15.9. The minimum Gasteiger partial charge on any atom is -0.494 e. The van der Waals surface area contributed by atoms with Gasteiger partial charge in [0.25, 0.3) is 0 Å². The summed E-state index contributed by atoms with van der Waals surface area (Å²) in [7, 11) is -1.55. The van der Waals surface area contributed by atoms with E-state index in [9.17, 15) is 13.2 Å². The van der Waals surface area contributed by atoms with Gasteiger partial charge >= 0.3 is 0 Å². The Hall–Kier alpha value is -2.92. The van der Waals surface area contributed by atoms with E-state index in [-0.39, 0.29) is 29.2 Å². The topological polar surface area (TPSA) is 107 Å². The molecule has 1 atom stereocenters. The zero-order valence-corrected chi connectivity index (χ0v) is 20.1. The molecule has 1 saturated heterocycles. The number of ether oxygens (including phenoxy) is 1. The number of carbonyl (C=O) groups excluding carboxylic acids is 1. The van der Waals surface area contributed by atoms with Gasteiger partial charge in [-0.25, -0.2) is 8.42 Å². The lowest BCUT2D eigenvalue weighted by Crippen LogP contribution is -2.41. The molecule has 9 nitrogen and oxygen atoms in total. The largest absolute Gasteiger partial charge is 0.494 e. The first kappa shape index (κ1) is 23.2. The van der Waals surface area contributed by atoms with E-state index in [1.54, 1.807) is 16.7 Å². The lowest BCUT2D eigenvalue weighted by Gasteiger charge is -2.28. The van der Waals surface area contributed by atoms with Crippen LogP contribution in [0.5, 0.6) is 5.75 Å². The molecular weight excluding hydrogens is 462 g/mol. The van der Waals surface area contributed by atoms with E-state index in [4.69, 9.17) is 4.74 Å². The maximum atomic E-state index is 13.3. The number of carbonyl (C=O) groups is 1. The van der Waals surface area contributed by atoms with Crippen molar-refractivity contribution >= 4 is 27.5 Å². The monoisotopic (exact) mass is 487 g/mol. The second kappa shape index (κ2) is 9.92. The molecule has 2 heterocycles. The number of aromatic nitrogens is 4. The third-order valence-electron chi connectivity index (χ3n) is 5.49. The highest BCUT2D eigenvalue weighted by atomic mass is 32.2. The molecule has 0 bridgehead atoms. The summed E-state index contributed by atoms with van der Waals surface area (Å²) in [4.78, 5) is 14.9. The van der Waals surface area contributed by atoms with Crippen molar-refractivity contribution < 1.29 is 17.9 Å². The Kier molecular flexibility index (Phi) is 6.99. The molecular formula is C22H25N5O4S2. The molecule has 0 spiro atoms. The number of benzene rings is 2. The van der Waals surface area contributed by atoms with E-state index in [0.717, 1.165) is 11.1 Å².